The Morgan fingerprint density at radius 1 is 0.960 bits per heavy atom. The van der Waals surface area contributed by atoms with Crippen LogP contribution in [-0.2, 0) is 14.8 Å². The molecule has 1 amide bonds. The van der Waals surface area contributed by atoms with Crippen molar-refractivity contribution in [2.75, 3.05) is 40.3 Å². The van der Waals surface area contributed by atoms with E-state index in [1.165, 1.54) is 0 Å². The van der Waals surface area contributed by atoms with Gasteiger partial charge in [-0.2, -0.15) is 0 Å². The Kier molecular flexibility index (Phi) is 6.06. The minimum atomic E-state index is -3.35. The molecule has 0 bridgehead atoms. The van der Waals surface area contributed by atoms with E-state index >= 15 is 0 Å². The third kappa shape index (κ3) is 4.19. The van der Waals surface area contributed by atoms with Gasteiger partial charge in [0.2, 0.25) is 15.9 Å². The number of hydrogen-bond acceptors (Lipinski definition) is 4. The summed E-state index contributed by atoms with van der Waals surface area (Å²) in [5.41, 5.74) is 0. The maximum Gasteiger partial charge on any atom is 0.225 e. The molecule has 0 radical (unpaired) electrons. The van der Waals surface area contributed by atoms with Crippen molar-refractivity contribution in [3.05, 3.63) is 0 Å². The molecule has 25 heavy (non-hydrogen) atoms. The summed E-state index contributed by atoms with van der Waals surface area (Å²) in [5.74, 6) is 0.326. The number of carbonyl (C=O) groups is 1. The second-order valence-electron chi connectivity index (χ2n) is 8.13. The van der Waals surface area contributed by atoms with E-state index < -0.39 is 15.3 Å². The molecule has 1 aliphatic carbocycles. The van der Waals surface area contributed by atoms with Crippen LogP contribution in [0.4, 0.5) is 0 Å². The summed E-state index contributed by atoms with van der Waals surface area (Å²) < 4.78 is 27.9. The molecule has 0 aromatic rings. The van der Waals surface area contributed by atoms with Gasteiger partial charge >= 0.3 is 0 Å². The first-order valence-electron chi connectivity index (χ1n) is 9.84. The molecule has 6 nitrogen and oxygen atoms in total. The van der Waals surface area contributed by atoms with Crippen LogP contribution in [0.2, 0.25) is 0 Å². The quantitative estimate of drug-likeness (QED) is 0.752. The zero-order chi connectivity index (χ0) is 18.0. The molecule has 1 saturated carbocycles. The fourth-order valence-electron chi connectivity index (χ4n) is 4.61. The molecule has 0 N–H and O–H groups in total. The number of hydrogen-bond donors (Lipinski definition) is 0. The Balaban J connectivity index is 1.63. The van der Waals surface area contributed by atoms with E-state index in [1.807, 2.05) is 4.90 Å². The number of piperidine rings is 2. The molecule has 2 aliphatic heterocycles. The highest BCUT2D eigenvalue weighted by molar-refractivity contribution is 7.89. The van der Waals surface area contributed by atoms with Crippen molar-refractivity contribution < 1.29 is 13.2 Å². The van der Waals surface area contributed by atoms with Crippen LogP contribution in [0.3, 0.4) is 0 Å². The van der Waals surface area contributed by atoms with Crippen molar-refractivity contribution in [3.8, 4) is 0 Å². The summed E-state index contributed by atoms with van der Waals surface area (Å²) >= 11 is 0. The van der Waals surface area contributed by atoms with Gasteiger partial charge in [0.05, 0.1) is 5.25 Å². The van der Waals surface area contributed by atoms with E-state index in [0.717, 1.165) is 64.6 Å². The van der Waals surface area contributed by atoms with Crippen molar-refractivity contribution in [2.24, 2.45) is 5.92 Å². The van der Waals surface area contributed by atoms with Crippen LogP contribution < -0.4 is 0 Å². The van der Waals surface area contributed by atoms with Gasteiger partial charge in [-0.1, -0.05) is 12.8 Å². The van der Waals surface area contributed by atoms with Crippen LogP contribution in [0.15, 0.2) is 0 Å². The van der Waals surface area contributed by atoms with Crippen LogP contribution in [0.1, 0.15) is 51.4 Å². The maximum atomic E-state index is 13.1. The molecule has 1 atom stereocenters. The first kappa shape index (κ1) is 19.1. The molecule has 2 saturated heterocycles. The molecule has 3 aliphatic rings. The van der Waals surface area contributed by atoms with Gasteiger partial charge in [-0.3, -0.25) is 4.79 Å². The Bertz CT molecular complexity index is 566. The highest BCUT2D eigenvalue weighted by Crippen LogP contribution is 2.29. The summed E-state index contributed by atoms with van der Waals surface area (Å²) in [6.07, 6.45) is 7.46. The summed E-state index contributed by atoms with van der Waals surface area (Å²) in [5, 5.41) is -0.434. The highest BCUT2D eigenvalue weighted by atomic mass is 32.2. The molecule has 1 unspecified atom stereocenters. The minimum Gasteiger partial charge on any atom is -0.341 e. The van der Waals surface area contributed by atoms with Crippen LogP contribution in [0, 0.1) is 5.92 Å². The molecule has 0 aromatic heterocycles. The lowest BCUT2D eigenvalue weighted by molar-refractivity contribution is -0.136. The third-order valence-corrected chi connectivity index (χ3v) is 8.75. The lowest BCUT2D eigenvalue weighted by Crippen LogP contribution is -2.53. The number of amides is 1. The number of rotatable bonds is 4. The monoisotopic (exact) mass is 371 g/mol. The Hall–Kier alpha value is -0.660. The van der Waals surface area contributed by atoms with Crippen molar-refractivity contribution in [3.63, 3.8) is 0 Å². The van der Waals surface area contributed by atoms with Gasteiger partial charge in [-0.25, -0.2) is 12.7 Å². The predicted octanol–water partition coefficient (Wildman–Crippen LogP) is 1.52. The van der Waals surface area contributed by atoms with Crippen LogP contribution >= 0.6 is 0 Å². The lowest BCUT2D eigenvalue weighted by Gasteiger charge is -2.39. The summed E-state index contributed by atoms with van der Waals surface area (Å²) in [6.45, 7) is 3.00. The second kappa shape index (κ2) is 7.92. The molecule has 144 valence electrons. The zero-order valence-electron chi connectivity index (χ0n) is 15.7. The zero-order valence-corrected chi connectivity index (χ0v) is 16.5. The first-order chi connectivity index (χ1) is 11.9. The first-order valence-corrected chi connectivity index (χ1v) is 11.3. The Labute approximate surface area is 152 Å². The van der Waals surface area contributed by atoms with E-state index in [2.05, 4.69) is 11.9 Å². The fraction of sp³-hybridized carbons (Fsp3) is 0.944. The van der Waals surface area contributed by atoms with Crippen LogP contribution in [-0.4, -0.2) is 80.0 Å². The van der Waals surface area contributed by atoms with E-state index in [-0.39, 0.29) is 17.9 Å². The fourth-order valence-corrected chi connectivity index (χ4v) is 6.54. The predicted molar refractivity (Wildman–Crippen MR) is 98.8 cm³/mol. The van der Waals surface area contributed by atoms with Crippen molar-refractivity contribution in [1.82, 2.24) is 14.1 Å². The smallest absolute Gasteiger partial charge is 0.225 e. The van der Waals surface area contributed by atoms with Crippen molar-refractivity contribution in [1.29, 1.82) is 0 Å². The number of likely N-dealkylation sites (tertiary alicyclic amines) is 2. The minimum absolute atomic E-state index is 0.0992. The van der Waals surface area contributed by atoms with Gasteiger partial charge < -0.3 is 9.80 Å². The van der Waals surface area contributed by atoms with E-state index in [4.69, 9.17) is 0 Å². The second-order valence-corrected chi connectivity index (χ2v) is 10.4. The average Bonchev–Trinajstić information content (AvgIpc) is 3.16. The summed E-state index contributed by atoms with van der Waals surface area (Å²) in [7, 11) is 0.473. The molecule has 2 heterocycles. The lowest BCUT2D eigenvalue weighted by atomic mass is 10.0. The molecular weight excluding hydrogens is 338 g/mol. The molecule has 3 fully saturated rings. The van der Waals surface area contributed by atoms with Crippen LogP contribution in [0.5, 0.6) is 0 Å². The van der Waals surface area contributed by atoms with E-state index in [1.54, 1.807) is 11.4 Å². The third-order valence-electron chi connectivity index (χ3n) is 6.42. The standard InChI is InChI=1S/C18H33N3O3S/c1-19-12-9-16(10-13-19)20(2)25(23,24)17-8-5-11-21(14-17)18(22)15-6-3-4-7-15/h15-17H,3-14H2,1-2H3. The normalized spacial score (nSPS) is 28.0. The highest BCUT2D eigenvalue weighted by Gasteiger charge is 2.39. The van der Waals surface area contributed by atoms with Gasteiger partial charge in [0, 0.05) is 32.1 Å². The van der Waals surface area contributed by atoms with Gasteiger partial charge in [0.25, 0.3) is 0 Å². The van der Waals surface area contributed by atoms with Crippen molar-refractivity contribution >= 4 is 15.9 Å². The topological polar surface area (TPSA) is 60.9 Å². The average molecular weight is 372 g/mol. The van der Waals surface area contributed by atoms with Gasteiger partial charge in [0.15, 0.2) is 0 Å². The van der Waals surface area contributed by atoms with Crippen LogP contribution in [0.25, 0.3) is 0 Å². The van der Waals surface area contributed by atoms with Gasteiger partial charge in [0.1, 0.15) is 0 Å². The molecule has 3 rings (SSSR count). The molecule has 0 spiro atoms. The van der Waals surface area contributed by atoms with Gasteiger partial charge in [-0.05, 0) is 58.7 Å². The maximum absolute atomic E-state index is 13.1. The molecule has 0 aromatic carbocycles. The summed E-state index contributed by atoms with van der Waals surface area (Å²) in [6, 6.07) is 0.0992. The van der Waals surface area contributed by atoms with Crippen molar-refractivity contribution in [2.45, 2.75) is 62.7 Å². The SMILES string of the molecule is CN1CCC(N(C)S(=O)(=O)C2CCCN(C(=O)C3CCCC3)C2)CC1. The molecular formula is C18H33N3O3S. The molecule has 7 heteroatoms. The number of sulfonamides is 1. The van der Waals surface area contributed by atoms with E-state index in [9.17, 15) is 13.2 Å². The summed E-state index contributed by atoms with van der Waals surface area (Å²) in [4.78, 5) is 16.8. The largest absolute Gasteiger partial charge is 0.341 e. The van der Waals surface area contributed by atoms with Gasteiger partial charge in [-0.15, -0.1) is 0 Å². The van der Waals surface area contributed by atoms with E-state index in [0.29, 0.717) is 13.0 Å². The number of carbonyl (C=O) groups excluding carboxylic acids is 1. The Morgan fingerprint density at radius 3 is 2.24 bits per heavy atom. The number of nitrogens with zero attached hydrogens (tertiary/aromatic N) is 3. The Morgan fingerprint density at radius 2 is 1.60 bits per heavy atom.